The van der Waals surface area contributed by atoms with Crippen LogP contribution in [0.2, 0.25) is 0 Å². The van der Waals surface area contributed by atoms with Crippen LogP contribution >= 0.6 is 0 Å². The SMILES string of the molecule is CCNCCCOCCCC(=O)OCc1ccccc1. The van der Waals surface area contributed by atoms with Crippen LogP contribution < -0.4 is 5.32 Å². The van der Waals surface area contributed by atoms with Crippen molar-refractivity contribution in [3.63, 3.8) is 0 Å². The van der Waals surface area contributed by atoms with Gasteiger partial charge in [-0.05, 0) is 31.5 Å². The molecule has 1 N–H and O–H groups in total. The molecule has 0 aromatic heterocycles. The summed E-state index contributed by atoms with van der Waals surface area (Å²) in [7, 11) is 0. The van der Waals surface area contributed by atoms with Crippen LogP contribution in [0.25, 0.3) is 0 Å². The van der Waals surface area contributed by atoms with E-state index in [2.05, 4.69) is 12.2 Å². The van der Waals surface area contributed by atoms with E-state index in [9.17, 15) is 4.79 Å². The molecule has 0 bridgehead atoms. The van der Waals surface area contributed by atoms with Crippen LogP contribution in [-0.2, 0) is 20.9 Å². The van der Waals surface area contributed by atoms with Crippen molar-refractivity contribution >= 4 is 5.97 Å². The van der Waals surface area contributed by atoms with Gasteiger partial charge >= 0.3 is 5.97 Å². The normalized spacial score (nSPS) is 10.4. The molecule has 4 nitrogen and oxygen atoms in total. The molecule has 0 heterocycles. The minimum atomic E-state index is -0.162. The second kappa shape index (κ2) is 11.4. The van der Waals surface area contributed by atoms with Gasteiger partial charge in [-0.3, -0.25) is 4.79 Å². The van der Waals surface area contributed by atoms with Crippen LogP contribution in [0, 0.1) is 0 Å². The number of carbonyl (C=O) groups is 1. The molecule has 1 aromatic rings. The highest BCUT2D eigenvalue weighted by molar-refractivity contribution is 5.69. The van der Waals surface area contributed by atoms with Gasteiger partial charge in [0.15, 0.2) is 0 Å². The molecule has 4 heteroatoms. The molecule has 0 atom stereocenters. The topological polar surface area (TPSA) is 47.6 Å². The molecule has 20 heavy (non-hydrogen) atoms. The summed E-state index contributed by atoms with van der Waals surface area (Å²) in [6.45, 7) is 5.77. The number of carbonyl (C=O) groups excluding carboxylic acids is 1. The van der Waals surface area contributed by atoms with Gasteiger partial charge < -0.3 is 14.8 Å². The summed E-state index contributed by atoms with van der Waals surface area (Å²) in [5.74, 6) is -0.162. The fourth-order valence-corrected chi connectivity index (χ4v) is 1.71. The molecule has 112 valence electrons. The van der Waals surface area contributed by atoms with Crippen LogP contribution in [-0.4, -0.2) is 32.3 Å². The van der Waals surface area contributed by atoms with Crippen molar-refractivity contribution in [3.8, 4) is 0 Å². The van der Waals surface area contributed by atoms with Crippen LogP contribution in [0.3, 0.4) is 0 Å². The first-order chi connectivity index (χ1) is 9.83. The lowest BCUT2D eigenvalue weighted by Gasteiger charge is -2.06. The molecule has 0 saturated heterocycles. The Morgan fingerprint density at radius 1 is 1.15 bits per heavy atom. The predicted octanol–water partition coefficient (Wildman–Crippen LogP) is 2.53. The van der Waals surface area contributed by atoms with Gasteiger partial charge in [0, 0.05) is 19.6 Å². The number of hydrogen-bond donors (Lipinski definition) is 1. The predicted molar refractivity (Wildman–Crippen MR) is 79.5 cm³/mol. The van der Waals surface area contributed by atoms with Crippen LogP contribution in [0.5, 0.6) is 0 Å². The molecule has 1 rings (SSSR count). The third-order valence-electron chi connectivity index (χ3n) is 2.80. The van der Waals surface area contributed by atoms with Crippen molar-refractivity contribution in [2.75, 3.05) is 26.3 Å². The molecule has 0 saturated carbocycles. The highest BCUT2D eigenvalue weighted by atomic mass is 16.5. The summed E-state index contributed by atoms with van der Waals surface area (Å²) in [5, 5.41) is 3.24. The second-order valence-electron chi connectivity index (χ2n) is 4.57. The maximum absolute atomic E-state index is 11.5. The van der Waals surface area contributed by atoms with Crippen molar-refractivity contribution in [3.05, 3.63) is 35.9 Å². The van der Waals surface area contributed by atoms with Gasteiger partial charge in [-0.25, -0.2) is 0 Å². The number of esters is 1. The summed E-state index contributed by atoms with van der Waals surface area (Å²) in [4.78, 5) is 11.5. The van der Waals surface area contributed by atoms with E-state index in [0.29, 0.717) is 19.6 Å². The van der Waals surface area contributed by atoms with Crippen molar-refractivity contribution in [2.45, 2.75) is 32.8 Å². The molecule has 0 aliphatic heterocycles. The zero-order valence-electron chi connectivity index (χ0n) is 12.3. The van der Waals surface area contributed by atoms with Gasteiger partial charge in [0.25, 0.3) is 0 Å². The van der Waals surface area contributed by atoms with E-state index in [1.54, 1.807) is 0 Å². The number of ether oxygens (including phenoxy) is 2. The quantitative estimate of drug-likeness (QED) is 0.499. The standard InChI is InChI=1S/C16H25NO3/c1-2-17-11-7-13-19-12-6-10-16(18)20-14-15-8-4-3-5-9-15/h3-5,8-9,17H,2,6-7,10-14H2,1H3. The summed E-state index contributed by atoms with van der Waals surface area (Å²) < 4.78 is 10.6. The zero-order chi connectivity index (χ0) is 14.5. The second-order valence-corrected chi connectivity index (χ2v) is 4.57. The Hall–Kier alpha value is -1.39. The molecule has 0 fully saturated rings. The number of benzene rings is 1. The Morgan fingerprint density at radius 3 is 2.65 bits per heavy atom. The average molecular weight is 279 g/mol. The smallest absolute Gasteiger partial charge is 0.306 e. The third-order valence-corrected chi connectivity index (χ3v) is 2.80. The molecule has 0 amide bonds. The molecular weight excluding hydrogens is 254 g/mol. The van der Waals surface area contributed by atoms with E-state index < -0.39 is 0 Å². The van der Waals surface area contributed by atoms with Gasteiger partial charge in [-0.15, -0.1) is 0 Å². The lowest BCUT2D eigenvalue weighted by molar-refractivity contribution is -0.145. The van der Waals surface area contributed by atoms with E-state index >= 15 is 0 Å². The molecule has 0 aliphatic rings. The Morgan fingerprint density at radius 2 is 1.90 bits per heavy atom. The average Bonchev–Trinajstić information content (AvgIpc) is 2.49. The highest BCUT2D eigenvalue weighted by Gasteiger charge is 2.03. The molecule has 0 radical (unpaired) electrons. The van der Waals surface area contributed by atoms with Gasteiger partial charge in [0.1, 0.15) is 6.61 Å². The third kappa shape index (κ3) is 8.67. The van der Waals surface area contributed by atoms with E-state index in [4.69, 9.17) is 9.47 Å². The first kappa shape index (κ1) is 16.7. The zero-order valence-corrected chi connectivity index (χ0v) is 12.3. The lowest BCUT2D eigenvalue weighted by atomic mass is 10.2. The summed E-state index contributed by atoms with van der Waals surface area (Å²) in [5.41, 5.74) is 1.01. The Labute approximate surface area is 121 Å². The van der Waals surface area contributed by atoms with Crippen molar-refractivity contribution < 1.29 is 14.3 Å². The molecule has 0 unspecified atom stereocenters. The Bertz CT molecular complexity index is 354. The van der Waals surface area contributed by atoms with Gasteiger partial charge in [0.05, 0.1) is 0 Å². The van der Waals surface area contributed by atoms with E-state index in [0.717, 1.165) is 38.1 Å². The summed E-state index contributed by atoms with van der Waals surface area (Å²) in [6, 6.07) is 9.70. The van der Waals surface area contributed by atoms with Gasteiger partial charge in [0.2, 0.25) is 0 Å². The molecular formula is C16H25NO3. The first-order valence-corrected chi connectivity index (χ1v) is 7.31. The van der Waals surface area contributed by atoms with Crippen LogP contribution in [0.4, 0.5) is 0 Å². The Kier molecular flexibility index (Phi) is 9.53. The molecule has 1 aromatic carbocycles. The van der Waals surface area contributed by atoms with E-state index in [-0.39, 0.29) is 5.97 Å². The molecule has 0 spiro atoms. The maximum atomic E-state index is 11.5. The minimum Gasteiger partial charge on any atom is -0.461 e. The maximum Gasteiger partial charge on any atom is 0.306 e. The first-order valence-electron chi connectivity index (χ1n) is 7.31. The van der Waals surface area contributed by atoms with E-state index in [1.807, 2.05) is 30.3 Å². The van der Waals surface area contributed by atoms with Crippen LogP contribution in [0.1, 0.15) is 31.7 Å². The monoisotopic (exact) mass is 279 g/mol. The fraction of sp³-hybridized carbons (Fsp3) is 0.562. The summed E-state index contributed by atoms with van der Waals surface area (Å²) in [6.07, 6.45) is 2.14. The lowest BCUT2D eigenvalue weighted by Crippen LogP contribution is -2.16. The van der Waals surface area contributed by atoms with Crippen LogP contribution in [0.15, 0.2) is 30.3 Å². The fourth-order valence-electron chi connectivity index (χ4n) is 1.71. The van der Waals surface area contributed by atoms with Crippen molar-refractivity contribution in [2.24, 2.45) is 0 Å². The van der Waals surface area contributed by atoms with E-state index in [1.165, 1.54) is 0 Å². The largest absolute Gasteiger partial charge is 0.461 e. The Balaban J connectivity index is 1.93. The molecule has 0 aliphatic carbocycles. The number of nitrogens with one attached hydrogen (secondary N) is 1. The highest BCUT2D eigenvalue weighted by Crippen LogP contribution is 2.02. The van der Waals surface area contributed by atoms with Crippen molar-refractivity contribution in [1.82, 2.24) is 5.32 Å². The summed E-state index contributed by atoms with van der Waals surface area (Å²) >= 11 is 0. The van der Waals surface area contributed by atoms with Crippen molar-refractivity contribution in [1.29, 1.82) is 0 Å². The number of hydrogen-bond acceptors (Lipinski definition) is 4. The van der Waals surface area contributed by atoms with Gasteiger partial charge in [-0.1, -0.05) is 37.3 Å². The van der Waals surface area contributed by atoms with Gasteiger partial charge in [-0.2, -0.15) is 0 Å². The number of rotatable bonds is 11. The minimum absolute atomic E-state index is 0.162.